The smallest absolute Gasteiger partial charge is 0.365 e. The van der Waals surface area contributed by atoms with Crippen LogP contribution in [0.25, 0.3) is 0 Å². The molecule has 1 aliphatic heterocycles. The maximum absolute atomic E-state index is 13.7. The lowest BCUT2D eigenvalue weighted by Crippen LogP contribution is -2.49. The Morgan fingerprint density at radius 1 is 1.18 bits per heavy atom. The van der Waals surface area contributed by atoms with Crippen LogP contribution in [0.2, 0.25) is 0 Å². The standard InChI is InChI=1S/C24H25F3N8O4S/c1-34(40(2,38)39)21-16(4-3-9-29-21)12-30-20-18(24(25,26)27)13-31-23(33-20)32-17-7-5-15(6-8-17)22(37)35-11-10-28-19(36)14-35/h3-9,13H,10-12,14H2,1-2H3,(H,28,36)(H2,30,31,32,33). The summed E-state index contributed by atoms with van der Waals surface area (Å²) in [6.45, 7) is 0.486. The van der Waals surface area contributed by atoms with Crippen LogP contribution in [0, 0.1) is 0 Å². The number of hydrogen-bond donors (Lipinski definition) is 3. The number of sulfonamides is 1. The molecular formula is C24H25F3N8O4S. The molecule has 1 aliphatic rings. The van der Waals surface area contributed by atoms with Crippen molar-refractivity contribution in [1.29, 1.82) is 0 Å². The zero-order valence-electron chi connectivity index (χ0n) is 21.4. The summed E-state index contributed by atoms with van der Waals surface area (Å²) in [6, 6.07) is 9.17. The number of rotatable bonds is 8. The molecule has 0 bridgehead atoms. The molecule has 1 saturated heterocycles. The highest BCUT2D eigenvalue weighted by Crippen LogP contribution is 2.34. The average Bonchev–Trinajstić information content (AvgIpc) is 2.90. The number of aromatic nitrogens is 3. The molecule has 0 atom stereocenters. The van der Waals surface area contributed by atoms with Crippen LogP contribution in [0.3, 0.4) is 0 Å². The summed E-state index contributed by atoms with van der Waals surface area (Å²) < 4.78 is 65.9. The van der Waals surface area contributed by atoms with Crippen LogP contribution in [-0.4, -0.2) is 73.0 Å². The molecule has 12 nitrogen and oxygen atoms in total. The van der Waals surface area contributed by atoms with E-state index in [0.717, 1.165) is 10.6 Å². The van der Waals surface area contributed by atoms with Gasteiger partial charge >= 0.3 is 6.18 Å². The van der Waals surface area contributed by atoms with Crippen LogP contribution < -0.4 is 20.3 Å². The van der Waals surface area contributed by atoms with Crippen LogP contribution in [0.15, 0.2) is 48.8 Å². The van der Waals surface area contributed by atoms with E-state index in [-0.39, 0.29) is 36.7 Å². The lowest BCUT2D eigenvalue weighted by molar-refractivity contribution is -0.137. The quantitative estimate of drug-likeness (QED) is 0.366. The lowest BCUT2D eigenvalue weighted by Gasteiger charge is -2.26. The molecule has 0 saturated carbocycles. The van der Waals surface area contributed by atoms with E-state index in [9.17, 15) is 31.2 Å². The second-order valence-electron chi connectivity index (χ2n) is 8.80. The summed E-state index contributed by atoms with van der Waals surface area (Å²) in [4.78, 5) is 37.4. The van der Waals surface area contributed by atoms with Crippen molar-refractivity contribution in [3.05, 3.63) is 65.5 Å². The van der Waals surface area contributed by atoms with Gasteiger partial charge in [0.05, 0.1) is 12.8 Å². The number of anilines is 4. The SMILES string of the molecule is CN(c1ncccc1CNc1nc(Nc2ccc(C(=O)N3CCNC(=O)C3)cc2)ncc1C(F)(F)F)S(C)(=O)=O. The maximum Gasteiger partial charge on any atom is 0.421 e. The Hall–Kier alpha value is -4.47. The minimum absolute atomic E-state index is 0.0426. The zero-order chi connectivity index (χ0) is 29.1. The number of hydrogen-bond acceptors (Lipinski definition) is 9. The Balaban J connectivity index is 1.53. The number of carbonyl (C=O) groups is 2. The Kier molecular flexibility index (Phi) is 8.08. The van der Waals surface area contributed by atoms with Gasteiger partial charge in [0.15, 0.2) is 0 Å². The van der Waals surface area contributed by atoms with E-state index in [4.69, 9.17) is 0 Å². The summed E-state index contributed by atoms with van der Waals surface area (Å²) >= 11 is 0. The van der Waals surface area contributed by atoms with Gasteiger partial charge in [-0.05, 0) is 30.3 Å². The number of pyridine rings is 1. The van der Waals surface area contributed by atoms with Gasteiger partial charge in [-0.2, -0.15) is 18.2 Å². The minimum Gasteiger partial charge on any atom is -0.365 e. The summed E-state index contributed by atoms with van der Waals surface area (Å²) in [5.74, 6) is -1.20. The van der Waals surface area contributed by atoms with E-state index in [0.29, 0.717) is 36.1 Å². The number of alkyl halides is 3. The molecule has 0 aliphatic carbocycles. The van der Waals surface area contributed by atoms with Crippen molar-refractivity contribution in [3.63, 3.8) is 0 Å². The Morgan fingerprint density at radius 2 is 1.90 bits per heavy atom. The van der Waals surface area contributed by atoms with Crippen molar-refractivity contribution in [3.8, 4) is 0 Å². The average molecular weight is 579 g/mol. The molecule has 16 heteroatoms. The van der Waals surface area contributed by atoms with E-state index in [2.05, 4.69) is 30.9 Å². The van der Waals surface area contributed by atoms with Crippen LogP contribution in [0.4, 0.5) is 36.4 Å². The number of piperazine rings is 1. The maximum atomic E-state index is 13.7. The Morgan fingerprint density at radius 3 is 2.55 bits per heavy atom. The molecule has 212 valence electrons. The third-order valence-electron chi connectivity index (χ3n) is 5.92. The molecule has 1 aromatic carbocycles. The molecule has 4 rings (SSSR count). The van der Waals surface area contributed by atoms with Gasteiger partial charge in [0.2, 0.25) is 21.9 Å². The van der Waals surface area contributed by atoms with Gasteiger partial charge in [0.25, 0.3) is 5.91 Å². The third kappa shape index (κ3) is 6.74. The summed E-state index contributed by atoms with van der Waals surface area (Å²) in [6.07, 6.45) is -1.78. The van der Waals surface area contributed by atoms with Gasteiger partial charge < -0.3 is 20.9 Å². The van der Waals surface area contributed by atoms with Gasteiger partial charge in [0.1, 0.15) is 17.2 Å². The number of carbonyl (C=O) groups excluding carboxylic acids is 2. The van der Waals surface area contributed by atoms with E-state index >= 15 is 0 Å². The molecule has 0 radical (unpaired) electrons. The van der Waals surface area contributed by atoms with Crippen molar-refractivity contribution in [1.82, 2.24) is 25.2 Å². The highest BCUT2D eigenvalue weighted by molar-refractivity contribution is 7.92. The minimum atomic E-state index is -4.77. The number of nitrogens with one attached hydrogen (secondary N) is 3. The van der Waals surface area contributed by atoms with Crippen molar-refractivity contribution in [2.75, 3.05) is 47.9 Å². The van der Waals surface area contributed by atoms with Gasteiger partial charge in [-0.1, -0.05) is 6.07 Å². The summed E-state index contributed by atoms with van der Waals surface area (Å²) in [5.41, 5.74) is -0.0557. The van der Waals surface area contributed by atoms with Crippen molar-refractivity contribution >= 4 is 45.1 Å². The van der Waals surface area contributed by atoms with E-state index in [1.807, 2.05) is 0 Å². The highest BCUT2D eigenvalue weighted by atomic mass is 32.2. The van der Waals surface area contributed by atoms with Crippen molar-refractivity contribution in [2.45, 2.75) is 12.7 Å². The predicted octanol–water partition coefficient (Wildman–Crippen LogP) is 2.21. The zero-order valence-corrected chi connectivity index (χ0v) is 22.2. The highest BCUT2D eigenvalue weighted by Gasteiger charge is 2.35. The molecule has 3 N–H and O–H groups in total. The van der Waals surface area contributed by atoms with E-state index in [1.165, 1.54) is 54.5 Å². The van der Waals surface area contributed by atoms with Gasteiger partial charge in [-0.25, -0.2) is 18.4 Å². The third-order valence-corrected chi connectivity index (χ3v) is 7.09. The second-order valence-corrected chi connectivity index (χ2v) is 10.8. The first kappa shape index (κ1) is 28.5. The molecule has 2 aromatic heterocycles. The molecular weight excluding hydrogens is 553 g/mol. The Labute approximate surface area is 227 Å². The van der Waals surface area contributed by atoms with E-state index in [1.54, 1.807) is 0 Å². The lowest BCUT2D eigenvalue weighted by atomic mass is 10.1. The van der Waals surface area contributed by atoms with Crippen molar-refractivity contribution in [2.24, 2.45) is 0 Å². The predicted molar refractivity (Wildman–Crippen MR) is 140 cm³/mol. The normalized spacial score (nSPS) is 13.9. The number of benzene rings is 1. The fraction of sp³-hybridized carbons (Fsp3) is 0.292. The molecule has 0 unspecified atom stereocenters. The molecule has 3 heterocycles. The van der Waals surface area contributed by atoms with Crippen molar-refractivity contribution < 1.29 is 31.2 Å². The monoisotopic (exact) mass is 578 g/mol. The number of nitrogens with zero attached hydrogens (tertiary/aromatic N) is 5. The fourth-order valence-electron chi connectivity index (χ4n) is 3.79. The molecule has 40 heavy (non-hydrogen) atoms. The fourth-order valence-corrected chi connectivity index (χ4v) is 4.27. The summed E-state index contributed by atoms with van der Waals surface area (Å²) in [5, 5.41) is 8.07. The van der Waals surface area contributed by atoms with Crippen LogP contribution in [0.1, 0.15) is 21.5 Å². The van der Waals surface area contributed by atoms with Crippen LogP contribution >= 0.6 is 0 Å². The van der Waals surface area contributed by atoms with Crippen LogP contribution in [-0.2, 0) is 27.5 Å². The number of amides is 2. The molecule has 0 spiro atoms. The first-order chi connectivity index (χ1) is 18.8. The first-order valence-corrected chi connectivity index (χ1v) is 13.7. The van der Waals surface area contributed by atoms with Gasteiger partial charge in [-0.3, -0.25) is 13.9 Å². The Bertz CT molecular complexity index is 1520. The number of halogens is 3. The largest absolute Gasteiger partial charge is 0.421 e. The van der Waals surface area contributed by atoms with Crippen LogP contribution in [0.5, 0.6) is 0 Å². The van der Waals surface area contributed by atoms with Gasteiger partial charge in [0, 0.05) is 55.9 Å². The topological polar surface area (TPSA) is 150 Å². The van der Waals surface area contributed by atoms with Gasteiger partial charge in [-0.15, -0.1) is 0 Å². The summed E-state index contributed by atoms with van der Waals surface area (Å²) in [7, 11) is -2.38. The first-order valence-electron chi connectivity index (χ1n) is 11.8. The van der Waals surface area contributed by atoms with E-state index < -0.39 is 27.6 Å². The molecule has 2 amide bonds. The molecule has 3 aromatic rings. The molecule has 1 fully saturated rings. The second kappa shape index (κ2) is 11.3.